The van der Waals surface area contributed by atoms with Gasteiger partial charge in [0.2, 0.25) is 0 Å². The third-order valence-electron chi connectivity index (χ3n) is 5.07. The van der Waals surface area contributed by atoms with E-state index in [0.29, 0.717) is 11.1 Å². The van der Waals surface area contributed by atoms with Crippen molar-refractivity contribution < 1.29 is 18.0 Å². The summed E-state index contributed by atoms with van der Waals surface area (Å²) in [7, 11) is 1.49. The first-order valence-corrected chi connectivity index (χ1v) is 8.58. The van der Waals surface area contributed by atoms with E-state index in [9.17, 15) is 13.6 Å². The molecule has 0 saturated carbocycles. The molecule has 0 aliphatic carbocycles. The molecule has 1 fully saturated rings. The van der Waals surface area contributed by atoms with Crippen LogP contribution in [0.2, 0.25) is 0 Å². The molecule has 3 nitrogen and oxygen atoms in total. The lowest BCUT2D eigenvalue weighted by Crippen LogP contribution is -2.43. The van der Waals surface area contributed by atoms with Crippen LogP contribution in [0.3, 0.4) is 0 Å². The normalized spacial score (nSPS) is 22.5. The minimum atomic E-state index is -1.15. The van der Waals surface area contributed by atoms with Crippen LogP contribution < -0.4 is 5.32 Å². The van der Waals surface area contributed by atoms with Gasteiger partial charge in [0.25, 0.3) is 0 Å². The van der Waals surface area contributed by atoms with E-state index in [1.54, 1.807) is 31.2 Å². The van der Waals surface area contributed by atoms with E-state index >= 15 is 4.39 Å². The number of carbonyl (C=O) groups is 1. The molecule has 1 aliphatic heterocycles. The number of benzene rings is 2. The summed E-state index contributed by atoms with van der Waals surface area (Å²) in [5.74, 6) is -1.31. The van der Waals surface area contributed by atoms with Crippen molar-refractivity contribution in [1.82, 2.24) is 10.2 Å². The Bertz CT molecular complexity index is 811. The predicted octanol–water partition coefficient (Wildman–Crippen LogP) is 4.17. The average Bonchev–Trinajstić information content (AvgIpc) is 2.91. The summed E-state index contributed by atoms with van der Waals surface area (Å²) in [4.78, 5) is 13.4. The summed E-state index contributed by atoms with van der Waals surface area (Å²) in [6.07, 6.45) is -0.948. The lowest BCUT2D eigenvalue weighted by atomic mass is 9.92. The monoisotopic (exact) mass is 362 g/mol. The molecule has 2 amide bonds. The molecule has 0 unspecified atom stereocenters. The topological polar surface area (TPSA) is 32.3 Å². The van der Waals surface area contributed by atoms with Crippen molar-refractivity contribution in [1.29, 1.82) is 0 Å². The molecule has 2 aromatic carbocycles. The van der Waals surface area contributed by atoms with Gasteiger partial charge < -0.3 is 10.2 Å². The number of urea groups is 1. The Hall–Kier alpha value is -2.50. The van der Waals surface area contributed by atoms with E-state index in [4.69, 9.17) is 0 Å². The molecule has 6 heteroatoms. The lowest BCUT2D eigenvalue weighted by molar-refractivity contribution is 0.188. The van der Waals surface area contributed by atoms with Crippen LogP contribution in [-0.2, 0) is 6.42 Å². The molecular weight excluding hydrogens is 341 g/mol. The van der Waals surface area contributed by atoms with E-state index in [0.717, 1.165) is 0 Å². The largest absolute Gasteiger partial charge is 0.341 e. The summed E-state index contributed by atoms with van der Waals surface area (Å²) in [6, 6.07) is 9.82. The molecule has 0 spiro atoms. The zero-order valence-electron chi connectivity index (χ0n) is 14.7. The molecule has 2 aromatic rings. The maximum Gasteiger partial charge on any atom is 0.317 e. The molecule has 1 N–H and O–H groups in total. The average molecular weight is 362 g/mol. The van der Waals surface area contributed by atoms with Crippen molar-refractivity contribution in [3.05, 3.63) is 59.7 Å². The van der Waals surface area contributed by atoms with Crippen LogP contribution in [-0.4, -0.2) is 36.7 Å². The molecule has 26 heavy (non-hydrogen) atoms. The Morgan fingerprint density at radius 1 is 1.23 bits per heavy atom. The van der Waals surface area contributed by atoms with Crippen molar-refractivity contribution in [3.63, 3.8) is 0 Å². The summed E-state index contributed by atoms with van der Waals surface area (Å²) in [5.41, 5.74) is 1.11. The first kappa shape index (κ1) is 18.3. The Labute approximate surface area is 150 Å². The first-order valence-electron chi connectivity index (χ1n) is 8.58. The number of likely N-dealkylation sites (tertiary alicyclic amines) is 1. The highest BCUT2D eigenvalue weighted by atomic mass is 19.1. The number of halogens is 3. The number of amides is 2. The van der Waals surface area contributed by atoms with Gasteiger partial charge in [-0.3, -0.25) is 0 Å². The van der Waals surface area contributed by atoms with E-state index in [1.807, 2.05) is 0 Å². The molecule has 138 valence electrons. The van der Waals surface area contributed by atoms with E-state index in [1.165, 1.54) is 30.1 Å². The van der Waals surface area contributed by atoms with Gasteiger partial charge in [0, 0.05) is 24.6 Å². The van der Waals surface area contributed by atoms with Crippen LogP contribution in [0.4, 0.5) is 18.0 Å². The highest BCUT2D eigenvalue weighted by Gasteiger charge is 2.41. The molecule has 3 atom stereocenters. The van der Waals surface area contributed by atoms with Gasteiger partial charge in [0.1, 0.15) is 17.8 Å². The van der Waals surface area contributed by atoms with Gasteiger partial charge in [-0.25, -0.2) is 18.0 Å². The van der Waals surface area contributed by atoms with Gasteiger partial charge in [-0.15, -0.1) is 0 Å². The molecule has 1 heterocycles. The fraction of sp³-hybridized carbons (Fsp3) is 0.350. The number of alkyl halides is 1. The van der Waals surface area contributed by atoms with Crippen molar-refractivity contribution in [2.75, 3.05) is 13.6 Å². The van der Waals surface area contributed by atoms with E-state index in [-0.39, 0.29) is 24.6 Å². The minimum Gasteiger partial charge on any atom is -0.341 e. The molecule has 3 rings (SSSR count). The number of hydrogen-bond acceptors (Lipinski definition) is 1. The molecule has 0 radical (unpaired) electrons. The van der Waals surface area contributed by atoms with Gasteiger partial charge in [0.05, 0.1) is 6.54 Å². The van der Waals surface area contributed by atoms with Crippen LogP contribution in [0, 0.1) is 17.6 Å². The summed E-state index contributed by atoms with van der Waals surface area (Å²) < 4.78 is 42.7. The van der Waals surface area contributed by atoms with Crippen LogP contribution in [0.25, 0.3) is 11.1 Å². The summed E-state index contributed by atoms with van der Waals surface area (Å²) >= 11 is 0. The van der Waals surface area contributed by atoms with Crippen LogP contribution in [0.5, 0.6) is 0 Å². The zero-order valence-corrected chi connectivity index (χ0v) is 14.7. The maximum absolute atomic E-state index is 15.0. The number of hydrogen-bond donors (Lipinski definition) is 1. The smallest absolute Gasteiger partial charge is 0.317 e. The third-order valence-corrected chi connectivity index (χ3v) is 5.07. The summed E-state index contributed by atoms with van der Waals surface area (Å²) in [6.45, 7) is 1.73. The van der Waals surface area contributed by atoms with Crippen molar-refractivity contribution in [2.45, 2.75) is 25.6 Å². The third kappa shape index (κ3) is 3.41. The molecule has 1 aliphatic rings. The van der Waals surface area contributed by atoms with Gasteiger partial charge in [-0.1, -0.05) is 37.3 Å². The Morgan fingerprint density at radius 3 is 2.65 bits per heavy atom. The lowest BCUT2D eigenvalue weighted by Gasteiger charge is -2.26. The Kier molecular flexibility index (Phi) is 5.20. The number of carbonyl (C=O) groups excluding carboxylic acids is 1. The quantitative estimate of drug-likeness (QED) is 0.873. The maximum atomic E-state index is 15.0. The fourth-order valence-electron chi connectivity index (χ4n) is 3.53. The van der Waals surface area contributed by atoms with Crippen LogP contribution in [0.1, 0.15) is 12.5 Å². The number of rotatable bonds is 3. The Morgan fingerprint density at radius 2 is 1.96 bits per heavy atom. The summed E-state index contributed by atoms with van der Waals surface area (Å²) in [5, 5.41) is 2.51. The van der Waals surface area contributed by atoms with Crippen LogP contribution in [0.15, 0.2) is 42.5 Å². The second-order valence-corrected chi connectivity index (χ2v) is 6.64. The van der Waals surface area contributed by atoms with E-state index < -0.39 is 29.8 Å². The molecule has 1 saturated heterocycles. The highest BCUT2D eigenvalue weighted by Crippen LogP contribution is 2.32. The SMILES string of the molecule is CNC(=O)N1C[C@H](F)[C@H](C)[C@@H]1Cc1cccc(-c2cccc(F)c2)c1F. The van der Waals surface area contributed by atoms with Crippen molar-refractivity contribution in [3.8, 4) is 11.1 Å². The minimum absolute atomic E-state index is 0.00326. The van der Waals surface area contributed by atoms with Crippen LogP contribution >= 0.6 is 0 Å². The van der Waals surface area contributed by atoms with Crippen molar-refractivity contribution in [2.24, 2.45) is 5.92 Å². The van der Waals surface area contributed by atoms with Gasteiger partial charge in [-0.05, 0) is 29.7 Å². The van der Waals surface area contributed by atoms with Gasteiger partial charge in [-0.2, -0.15) is 0 Å². The number of nitrogens with zero attached hydrogens (tertiary/aromatic N) is 1. The highest BCUT2D eigenvalue weighted by molar-refractivity contribution is 5.74. The first-order chi connectivity index (χ1) is 12.4. The molecular formula is C20H21F3N2O. The zero-order chi connectivity index (χ0) is 18.8. The van der Waals surface area contributed by atoms with Gasteiger partial charge in [0.15, 0.2) is 0 Å². The molecule has 0 aromatic heterocycles. The molecule has 0 bridgehead atoms. The van der Waals surface area contributed by atoms with Crippen molar-refractivity contribution >= 4 is 6.03 Å². The number of nitrogens with one attached hydrogen (secondary N) is 1. The predicted molar refractivity (Wildman–Crippen MR) is 94.5 cm³/mol. The second-order valence-electron chi connectivity index (χ2n) is 6.64. The Balaban J connectivity index is 1.92. The van der Waals surface area contributed by atoms with E-state index in [2.05, 4.69) is 5.32 Å². The second kappa shape index (κ2) is 7.40. The standard InChI is InChI=1S/C20H21F3N2O/c1-12-17(22)11-25(20(26)24-2)18(12)10-14-6-4-8-16(19(14)23)13-5-3-7-15(21)9-13/h3-9,12,17-18H,10-11H2,1-2H3,(H,24,26)/t12-,17-,18-/m0/s1. The fourth-order valence-corrected chi connectivity index (χ4v) is 3.53. The van der Waals surface area contributed by atoms with Gasteiger partial charge >= 0.3 is 6.03 Å².